The number of amides is 1. The molecular weight excluding hydrogens is 242 g/mol. The number of rotatable bonds is 8. The lowest BCUT2D eigenvalue weighted by molar-refractivity contribution is -0.138. The molecule has 8 heteroatoms. The zero-order chi connectivity index (χ0) is 14.0. The number of nitriles is 1. The van der Waals surface area contributed by atoms with Crippen LogP contribution in [0.3, 0.4) is 0 Å². The lowest BCUT2D eigenvalue weighted by atomic mass is 10.3. The Bertz CT molecular complexity index is 397. The highest BCUT2D eigenvalue weighted by Crippen LogP contribution is 1.91. The zero-order valence-electron chi connectivity index (χ0n) is 9.47. The number of hydrogen-bond donors (Lipinski definition) is 4. The van der Waals surface area contributed by atoms with E-state index in [1.807, 2.05) is 5.32 Å². The molecule has 0 saturated heterocycles. The number of nitrogens with zero attached hydrogens (tertiary/aromatic N) is 1. The molecule has 0 radical (unpaired) electrons. The smallest absolute Gasteiger partial charge is 0.322 e. The van der Waals surface area contributed by atoms with E-state index >= 15 is 0 Å². The highest BCUT2D eigenvalue weighted by Gasteiger charge is 2.09. The van der Waals surface area contributed by atoms with Gasteiger partial charge >= 0.3 is 11.9 Å². The summed E-state index contributed by atoms with van der Waals surface area (Å²) in [6, 6.07) is 1.60. The van der Waals surface area contributed by atoms with Gasteiger partial charge in [0.2, 0.25) is 0 Å². The van der Waals surface area contributed by atoms with E-state index < -0.39 is 24.4 Å². The Kier molecular flexibility index (Phi) is 7.36. The van der Waals surface area contributed by atoms with Crippen LogP contribution in [-0.2, 0) is 14.4 Å². The summed E-state index contributed by atoms with van der Waals surface area (Å²) in [4.78, 5) is 31.6. The van der Waals surface area contributed by atoms with Crippen molar-refractivity contribution in [3.8, 4) is 6.07 Å². The van der Waals surface area contributed by atoms with Crippen molar-refractivity contribution in [2.24, 2.45) is 0 Å². The zero-order valence-corrected chi connectivity index (χ0v) is 9.47. The fourth-order valence-corrected chi connectivity index (χ4v) is 0.916. The molecule has 0 aliphatic heterocycles. The van der Waals surface area contributed by atoms with Gasteiger partial charge in [-0.25, -0.2) is 0 Å². The van der Waals surface area contributed by atoms with Crippen LogP contribution in [0.25, 0.3) is 0 Å². The van der Waals surface area contributed by atoms with Gasteiger partial charge in [-0.1, -0.05) is 0 Å². The van der Waals surface area contributed by atoms with Crippen molar-refractivity contribution < 1.29 is 24.6 Å². The molecule has 8 nitrogen and oxygen atoms in total. The third-order valence-corrected chi connectivity index (χ3v) is 1.72. The molecule has 0 saturated carbocycles. The minimum atomic E-state index is -1.21. The number of nitrogens with one attached hydrogen (secondary N) is 2. The Morgan fingerprint density at radius 3 is 2.39 bits per heavy atom. The van der Waals surface area contributed by atoms with Crippen LogP contribution in [0, 0.1) is 11.3 Å². The minimum Gasteiger partial charge on any atom is -0.481 e. The van der Waals surface area contributed by atoms with Crippen LogP contribution in [0.4, 0.5) is 0 Å². The Hall–Kier alpha value is -2.56. The molecule has 0 aromatic carbocycles. The molecule has 0 unspecified atom stereocenters. The first-order valence-corrected chi connectivity index (χ1v) is 5.02. The van der Waals surface area contributed by atoms with Crippen molar-refractivity contribution >= 4 is 17.8 Å². The molecular formula is C10H13N3O5. The molecule has 0 aromatic rings. The number of carbonyl (C=O) groups excluding carboxylic acids is 1. The predicted octanol–water partition coefficient (Wildman–Crippen LogP) is -0.951. The van der Waals surface area contributed by atoms with E-state index in [0.29, 0.717) is 13.0 Å². The topological polar surface area (TPSA) is 140 Å². The molecule has 4 N–H and O–H groups in total. The summed E-state index contributed by atoms with van der Waals surface area (Å²) in [5.74, 6) is -2.94. The van der Waals surface area contributed by atoms with Gasteiger partial charge in [0.1, 0.15) is 18.2 Å². The lowest BCUT2D eigenvalue weighted by Crippen LogP contribution is -2.30. The summed E-state index contributed by atoms with van der Waals surface area (Å²) < 4.78 is 0. The molecule has 0 bridgehead atoms. The van der Waals surface area contributed by atoms with Crippen LogP contribution in [0.5, 0.6) is 0 Å². The van der Waals surface area contributed by atoms with E-state index in [2.05, 4.69) is 5.32 Å². The molecule has 0 aliphatic rings. The monoisotopic (exact) mass is 255 g/mol. The van der Waals surface area contributed by atoms with Gasteiger partial charge < -0.3 is 20.8 Å². The molecule has 0 aliphatic carbocycles. The molecule has 1 amide bonds. The number of carboxylic acid groups (broad SMARTS) is 2. The van der Waals surface area contributed by atoms with Crippen LogP contribution < -0.4 is 10.6 Å². The van der Waals surface area contributed by atoms with Crippen molar-refractivity contribution in [1.82, 2.24) is 10.6 Å². The fourth-order valence-electron chi connectivity index (χ4n) is 0.916. The highest BCUT2D eigenvalue weighted by atomic mass is 16.4. The second-order valence-electron chi connectivity index (χ2n) is 3.20. The number of carbonyl (C=O) groups is 3. The van der Waals surface area contributed by atoms with Crippen LogP contribution in [0.2, 0.25) is 0 Å². The van der Waals surface area contributed by atoms with Crippen molar-refractivity contribution in [2.75, 3.05) is 13.1 Å². The SMILES string of the molecule is N#C/C(=C/NCCCC(=O)O)C(=O)NCC(=O)O. The van der Waals surface area contributed by atoms with E-state index in [1.165, 1.54) is 0 Å². The average Bonchev–Trinajstić information content (AvgIpc) is 2.30. The van der Waals surface area contributed by atoms with Crippen molar-refractivity contribution in [3.05, 3.63) is 11.8 Å². The maximum absolute atomic E-state index is 11.3. The van der Waals surface area contributed by atoms with Gasteiger partial charge in [-0.05, 0) is 6.42 Å². The van der Waals surface area contributed by atoms with Gasteiger partial charge in [0, 0.05) is 19.2 Å². The number of aliphatic carboxylic acids is 2. The second kappa shape index (κ2) is 8.58. The second-order valence-corrected chi connectivity index (χ2v) is 3.20. The third-order valence-electron chi connectivity index (χ3n) is 1.72. The van der Waals surface area contributed by atoms with E-state index in [-0.39, 0.29) is 12.0 Å². The number of carboxylic acids is 2. The average molecular weight is 255 g/mol. The molecule has 98 valence electrons. The largest absolute Gasteiger partial charge is 0.481 e. The van der Waals surface area contributed by atoms with Gasteiger partial charge in [-0.15, -0.1) is 0 Å². The first kappa shape index (κ1) is 15.4. The predicted molar refractivity (Wildman–Crippen MR) is 59.2 cm³/mol. The molecule has 0 fully saturated rings. The van der Waals surface area contributed by atoms with Crippen molar-refractivity contribution in [1.29, 1.82) is 5.26 Å². The number of hydrogen-bond acceptors (Lipinski definition) is 5. The molecule has 0 rings (SSSR count). The molecule has 0 spiro atoms. The summed E-state index contributed by atoms with van der Waals surface area (Å²) >= 11 is 0. The Morgan fingerprint density at radius 1 is 1.22 bits per heavy atom. The Balaban J connectivity index is 4.07. The van der Waals surface area contributed by atoms with Crippen LogP contribution >= 0.6 is 0 Å². The van der Waals surface area contributed by atoms with Crippen LogP contribution in [0.1, 0.15) is 12.8 Å². The van der Waals surface area contributed by atoms with Gasteiger partial charge in [-0.2, -0.15) is 5.26 Å². The summed E-state index contributed by atoms with van der Waals surface area (Å²) in [7, 11) is 0. The van der Waals surface area contributed by atoms with Gasteiger partial charge in [0.15, 0.2) is 0 Å². The maximum atomic E-state index is 11.3. The summed E-state index contributed by atoms with van der Waals surface area (Å²) in [5.41, 5.74) is -0.272. The lowest BCUT2D eigenvalue weighted by Gasteiger charge is -2.02. The van der Waals surface area contributed by atoms with Gasteiger partial charge in [-0.3, -0.25) is 14.4 Å². The summed E-state index contributed by atoms with van der Waals surface area (Å²) in [5, 5.41) is 30.0. The summed E-state index contributed by atoms with van der Waals surface area (Å²) in [6.45, 7) is -0.277. The molecule has 0 aromatic heterocycles. The van der Waals surface area contributed by atoms with Crippen molar-refractivity contribution in [3.63, 3.8) is 0 Å². The quantitative estimate of drug-likeness (QED) is 0.249. The van der Waals surface area contributed by atoms with E-state index in [4.69, 9.17) is 15.5 Å². The van der Waals surface area contributed by atoms with Crippen LogP contribution in [0.15, 0.2) is 11.8 Å². The highest BCUT2D eigenvalue weighted by molar-refractivity contribution is 5.98. The minimum absolute atomic E-state index is 0.0199. The van der Waals surface area contributed by atoms with Gasteiger partial charge in [0.05, 0.1) is 0 Å². The van der Waals surface area contributed by atoms with E-state index in [0.717, 1.165) is 6.20 Å². The standard InChI is InChI=1S/C10H13N3O5/c11-4-7(10(18)13-6-9(16)17)5-12-3-1-2-8(14)15/h5,12H,1-3,6H2,(H,13,18)(H,14,15)(H,16,17)/b7-5-. The van der Waals surface area contributed by atoms with E-state index in [1.54, 1.807) is 6.07 Å². The third kappa shape index (κ3) is 7.70. The molecule has 0 heterocycles. The first-order chi connectivity index (χ1) is 8.47. The Labute approximate surface area is 103 Å². The molecule has 18 heavy (non-hydrogen) atoms. The van der Waals surface area contributed by atoms with Gasteiger partial charge in [0.25, 0.3) is 5.91 Å². The maximum Gasteiger partial charge on any atom is 0.322 e. The Morgan fingerprint density at radius 2 is 1.89 bits per heavy atom. The first-order valence-electron chi connectivity index (χ1n) is 5.02. The molecule has 0 atom stereocenters. The summed E-state index contributed by atoms with van der Waals surface area (Å²) in [6.07, 6.45) is 1.45. The normalized spacial score (nSPS) is 10.3. The van der Waals surface area contributed by atoms with E-state index in [9.17, 15) is 14.4 Å². The van der Waals surface area contributed by atoms with Crippen LogP contribution in [-0.4, -0.2) is 41.1 Å². The fraction of sp³-hybridized carbons (Fsp3) is 0.400. The van der Waals surface area contributed by atoms with Crippen molar-refractivity contribution in [2.45, 2.75) is 12.8 Å².